The van der Waals surface area contributed by atoms with Crippen molar-refractivity contribution in [3.8, 4) is 0 Å². The predicted molar refractivity (Wildman–Crippen MR) is 38.2 cm³/mol. The zero-order chi connectivity index (χ0) is 7.82. The lowest BCUT2D eigenvalue weighted by molar-refractivity contribution is -0.198. The minimum atomic E-state index is -0.0354. The number of allylic oxidation sites excluding steroid dienone is 3. The Morgan fingerprint density at radius 1 is 1.60 bits per heavy atom. The third kappa shape index (κ3) is 3.88. The van der Waals surface area contributed by atoms with Crippen LogP contribution in [0.3, 0.4) is 0 Å². The molecule has 0 spiro atoms. The quantitative estimate of drug-likeness (QED) is 0.267. The van der Waals surface area contributed by atoms with E-state index in [1.54, 1.807) is 6.08 Å². The molecule has 3 nitrogen and oxygen atoms in total. The maximum absolute atomic E-state index is 8.28. The molecule has 0 fully saturated rings. The Labute approximate surface area is 59.5 Å². The highest BCUT2D eigenvalue weighted by Crippen LogP contribution is 1.94. The molecular weight excluding hydrogens is 132 g/mol. The van der Waals surface area contributed by atoms with Crippen LogP contribution in [0.1, 0.15) is 0 Å². The Hall–Kier alpha value is -1.06. The molecule has 0 aromatic carbocycles. The van der Waals surface area contributed by atoms with Crippen molar-refractivity contribution < 1.29 is 15.3 Å². The summed E-state index contributed by atoms with van der Waals surface area (Å²) in [6.45, 7) is 3.33. The molecule has 0 aliphatic rings. The van der Waals surface area contributed by atoms with Gasteiger partial charge in [0.1, 0.15) is 0 Å². The lowest BCUT2D eigenvalue weighted by Crippen LogP contribution is -1.79. The molecule has 0 saturated carbocycles. The highest BCUT2D eigenvalue weighted by atomic mass is 17.1. The minimum Gasteiger partial charge on any atom is -0.392 e. The fraction of sp³-hybridized carbons (Fsp3) is 0.143. The standard InChI is InChI=1S/C7H10O3/c1-2-7(10-9)5-3-4-6-8/h2-5,8-9H,1,6H2/b4-3+,7-5+. The van der Waals surface area contributed by atoms with E-state index in [0.717, 1.165) is 0 Å². The van der Waals surface area contributed by atoms with Crippen LogP contribution in [0.5, 0.6) is 0 Å². The topological polar surface area (TPSA) is 49.7 Å². The van der Waals surface area contributed by atoms with E-state index in [1.807, 2.05) is 0 Å². The molecular formula is C7H10O3. The van der Waals surface area contributed by atoms with Gasteiger partial charge in [-0.25, -0.2) is 5.26 Å². The summed E-state index contributed by atoms with van der Waals surface area (Å²) in [4.78, 5) is 3.86. The van der Waals surface area contributed by atoms with Gasteiger partial charge in [0.15, 0.2) is 5.76 Å². The largest absolute Gasteiger partial charge is 0.392 e. The molecule has 56 valence electrons. The van der Waals surface area contributed by atoms with Crippen LogP contribution in [-0.2, 0) is 4.89 Å². The Balaban J connectivity index is 3.85. The van der Waals surface area contributed by atoms with Crippen LogP contribution in [0.15, 0.2) is 36.6 Å². The first kappa shape index (κ1) is 8.94. The van der Waals surface area contributed by atoms with E-state index < -0.39 is 0 Å². The normalized spacial score (nSPS) is 12.0. The molecule has 2 N–H and O–H groups in total. The van der Waals surface area contributed by atoms with Gasteiger partial charge in [-0.15, -0.1) is 0 Å². The van der Waals surface area contributed by atoms with Crippen LogP contribution < -0.4 is 0 Å². The Bertz CT molecular complexity index is 147. The van der Waals surface area contributed by atoms with Gasteiger partial charge in [-0.1, -0.05) is 18.7 Å². The Kier molecular flexibility index (Phi) is 5.42. The van der Waals surface area contributed by atoms with Crippen molar-refractivity contribution in [2.75, 3.05) is 6.61 Å². The number of aliphatic hydroxyl groups is 1. The van der Waals surface area contributed by atoms with E-state index in [1.165, 1.54) is 18.2 Å². The van der Waals surface area contributed by atoms with Crippen LogP contribution in [0.2, 0.25) is 0 Å². The molecule has 0 bridgehead atoms. The molecule has 0 radical (unpaired) electrons. The fourth-order valence-electron chi connectivity index (χ4n) is 0.359. The van der Waals surface area contributed by atoms with E-state index in [9.17, 15) is 0 Å². The van der Waals surface area contributed by atoms with Crippen LogP contribution in [0.25, 0.3) is 0 Å². The summed E-state index contributed by atoms with van der Waals surface area (Å²) in [6.07, 6.45) is 5.88. The minimum absolute atomic E-state index is 0.0354. The van der Waals surface area contributed by atoms with Crippen molar-refractivity contribution in [3.05, 3.63) is 36.6 Å². The predicted octanol–water partition coefficient (Wildman–Crippen LogP) is 1.09. The summed E-state index contributed by atoms with van der Waals surface area (Å²) in [5.74, 6) is 0.240. The molecule has 0 atom stereocenters. The third-order valence-electron chi connectivity index (χ3n) is 0.809. The lowest BCUT2D eigenvalue weighted by atomic mass is 10.4. The van der Waals surface area contributed by atoms with Gasteiger partial charge in [-0.05, 0) is 12.2 Å². The molecule has 0 unspecified atom stereocenters. The van der Waals surface area contributed by atoms with Gasteiger partial charge in [0, 0.05) is 0 Å². The van der Waals surface area contributed by atoms with E-state index in [-0.39, 0.29) is 12.4 Å². The van der Waals surface area contributed by atoms with Gasteiger partial charge in [-0.3, -0.25) is 0 Å². The van der Waals surface area contributed by atoms with Gasteiger partial charge in [0.2, 0.25) is 0 Å². The molecule has 0 aliphatic heterocycles. The highest BCUT2D eigenvalue weighted by molar-refractivity contribution is 5.15. The van der Waals surface area contributed by atoms with Gasteiger partial charge < -0.3 is 9.99 Å². The van der Waals surface area contributed by atoms with E-state index >= 15 is 0 Å². The molecule has 0 rings (SSSR count). The number of aliphatic hydroxyl groups excluding tert-OH is 1. The molecule has 10 heavy (non-hydrogen) atoms. The summed E-state index contributed by atoms with van der Waals surface area (Å²) < 4.78 is 0. The van der Waals surface area contributed by atoms with E-state index in [0.29, 0.717) is 0 Å². The van der Waals surface area contributed by atoms with Crippen LogP contribution in [0.4, 0.5) is 0 Å². The first-order valence-corrected chi connectivity index (χ1v) is 2.76. The zero-order valence-electron chi connectivity index (χ0n) is 5.53. The van der Waals surface area contributed by atoms with Gasteiger partial charge >= 0.3 is 0 Å². The average molecular weight is 142 g/mol. The van der Waals surface area contributed by atoms with E-state index in [4.69, 9.17) is 10.4 Å². The monoisotopic (exact) mass is 142 g/mol. The van der Waals surface area contributed by atoms with Crippen LogP contribution >= 0.6 is 0 Å². The maximum atomic E-state index is 8.28. The smallest absolute Gasteiger partial charge is 0.164 e. The maximum Gasteiger partial charge on any atom is 0.164 e. The summed E-state index contributed by atoms with van der Waals surface area (Å²) in [5.41, 5.74) is 0. The molecule has 0 amide bonds. The third-order valence-corrected chi connectivity index (χ3v) is 0.809. The second-order valence-corrected chi connectivity index (χ2v) is 1.48. The SMILES string of the molecule is C=C/C(=C\C=C\CO)OO. The Morgan fingerprint density at radius 3 is 2.70 bits per heavy atom. The van der Waals surface area contributed by atoms with Crippen molar-refractivity contribution in [2.24, 2.45) is 0 Å². The van der Waals surface area contributed by atoms with Crippen molar-refractivity contribution in [1.29, 1.82) is 0 Å². The first-order valence-electron chi connectivity index (χ1n) is 2.76. The summed E-state index contributed by atoms with van der Waals surface area (Å²) in [6, 6.07) is 0. The van der Waals surface area contributed by atoms with Crippen molar-refractivity contribution in [1.82, 2.24) is 0 Å². The number of rotatable bonds is 4. The second kappa shape index (κ2) is 6.07. The lowest BCUT2D eigenvalue weighted by Gasteiger charge is -1.91. The van der Waals surface area contributed by atoms with Gasteiger partial charge in [0.25, 0.3) is 0 Å². The highest BCUT2D eigenvalue weighted by Gasteiger charge is 1.83. The number of hydrogen-bond acceptors (Lipinski definition) is 3. The average Bonchev–Trinajstić information content (AvgIpc) is 1.99. The molecule has 0 heterocycles. The first-order chi connectivity index (χ1) is 4.85. The molecule has 3 heteroatoms. The molecule has 0 saturated heterocycles. The van der Waals surface area contributed by atoms with E-state index in [2.05, 4.69) is 11.5 Å². The molecule has 0 aromatic rings. The fourth-order valence-corrected chi connectivity index (χ4v) is 0.359. The van der Waals surface area contributed by atoms with Gasteiger partial charge in [0.05, 0.1) is 6.61 Å². The van der Waals surface area contributed by atoms with Crippen molar-refractivity contribution in [2.45, 2.75) is 0 Å². The number of hydrogen-bond donors (Lipinski definition) is 2. The van der Waals surface area contributed by atoms with Crippen molar-refractivity contribution in [3.63, 3.8) is 0 Å². The van der Waals surface area contributed by atoms with Crippen LogP contribution in [0, 0.1) is 0 Å². The van der Waals surface area contributed by atoms with Gasteiger partial charge in [-0.2, -0.15) is 0 Å². The zero-order valence-corrected chi connectivity index (χ0v) is 5.53. The second-order valence-electron chi connectivity index (χ2n) is 1.48. The summed E-state index contributed by atoms with van der Waals surface area (Å²) >= 11 is 0. The Morgan fingerprint density at radius 2 is 2.30 bits per heavy atom. The van der Waals surface area contributed by atoms with Crippen LogP contribution in [-0.4, -0.2) is 17.0 Å². The summed E-state index contributed by atoms with van der Waals surface area (Å²) in [7, 11) is 0. The summed E-state index contributed by atoms with van der Waals surface area (Å²) in [5, 5.41) is 16.4. The van der Waals surface area contributed by atoms with Crippen molar-refractivity contribution >= 4 is 0 Å². The molecule has 0 aliphatic carbocycles. The molecule has 0 aromatic heterocycles.